The lowest BCUT2D eigenvalue weighted by Crippen LogP contribution is -1.97. The van der Waals surface area contributed by atoms with E-state index in [1.807, 2.05) is 0 Å². The molecule has 0 unspecified atom stereocenters. The van der Waals surface area contributed by atoms with E-state index in [-0.39, 0.29) is 5.56 Å². The summed E-state index contributed by atoms with van der Waals surface area (Å²) < 4.78 is 0.531. The monoisotopic (exact) mass is 376 g/mol. The van der Waals surface area contributed by atoms with Gasteiger partial charge in [-0.3, -0.25) is 0 Å². The number of rotatable bonds is 3. The highest BCUT2D eigenvalue weighted by Crippen LogP contribution is 2.36. The highest BCUT2D eigenvalue weighted by molar-refractivity contribution is 9.10. The van der Waals surface area contributed by atoms with Crippen molar-refractivity contribution in [3.05, 3.63) is 56.5 Å². The van der Waals surface area contributed by atoms with Gasteiger partial charge in [0, 0.05) is 19.3 Å². The van der Waals surface area contributed by atoms with Crippen LogP contribution in [0, 0.1) is 0 Å². The summed E-state index contributed by atoms with van der Waals surface area (Å²) in [6, 6.07) is 10.2. The van der Waals surface area contributed by atoms with Crippen LogP contribution in [0.3, 0.4) is 0 Å². The van der Waals surface area contributed by atoms with E-state index in [1.165, 1.54) is 11.8 Å². The van der Waals surface area contributed by atoms with E-state index in [0.29, 0.717) is 14.5 Å². The second-order valence-electron chi connectivity index (χ2n) is 3.62. The molecule has 0 heterocycles. The van der Waals surface area contributed by atoms with Gasteiger partial charge in [-0.1, -0.05) is 35.0 Å². The minimum atomic E-state index is -0.968. The zero-order valence-electron chi connectivity index (χ0n) is 9.36. The molecule has 2 aromatic carbocycles. The first-order valence-corrected chi connectivity index (χ1v) is 7.49. The third-order valence-electron chi connectivity index (χ3n) is 2.29. The molecule has 0 aliphatic rings. The predicted molar refractivity (Wildman–Crippen MR) is 81.7 cm³/mol. The number of halogens is 3. The van der Waals surface area contributed by atoms with Gasteiger partial charge in [-0.15, -0.1) is 0 Å². The van der Waals surface area contributed by atoms with Gasteiger partial charge in [-0.2, -0.15) is 0 Å². The summed E-state index contributed by atoms with van der Waals surface area (Å²) in [6.07, 6.45) is 0. The largest absolute Gasteiger partial charge is 0.478 e. The summed E-state index contributed by atoms with van der Waals surface area (Å²) in [5.74, 6) is -0.968. The lowest BCUT2D eigenvalue weighted by atomic mass is 10.2. The molecule has 19 heavy (non-hydrogen) atoms. The average molecular weight is 378 g/mol. The molecule has 0 bridgehead atoms. The Bertz CT molecular complexity index is 647. The summed E-state index contributed by atoms with van der Waals surface area (Å²) in [4.78, 5) is 12.6. The molecule has 0 saturated carbocycles. The van der Waals surface area contributed by atoms with Crippen molar-refractivity contribution in [1.29, 1.82) is 0 Å². The fourth-order valence-corrected chi connectivity index (χ4v) is 3.50. The molecule has 2 nitrogen and oxygen atoms in total. The van der Waals surface area contributed by atoms with Gasteiger partial charge >= 0.3 is 5.97 Å². The van der Waals surface area contributed by atoms with Crippen LogP contribution in [-0.4, -0.2) is 11.1 Å². The first kappa shape index (κ1) is 14.7. The number of carboxylic acids is 1. The second-order valence-corrected chi connectivity index (χ2v) is 6.44. The van der Waals surface area contributed by atoms with Gasteiger partial charge in [-0.05, 0) is 52.3 Å². The third-order valence-corrected chi connectivity index (χ3v) is 4.67. The molecule has 6 heteroatoms. The van der Waals surface area contributed by atoms with E-state index >= 15 is 0 Å². The quantitative estimate of drug-likeness (QED) is 0.755. The van der Waals surface area contributed by atoms with Crippen LogP contribution in [-0.2, 0) is 0 Å². The molecule has 0 radical (unpaired) electrons. The molecule has 0 spiro atoms. The van der Waals surface area contributed by atoms with Gasteiger partial charge in [0.25, 0.3) is 0 Å². The van der Waals surface area contributed by atoms with Crippen LogP contribution in [0.4, 0.5) is 0 Å². The van der Waals surface area contributed by atoms with Crippen LogP contribution >= 0.6 is 50.9 Å². The first-order chi connectivity index (χ1) is 8.97. The summed E-state index contributed by atoms with van der Waals surface area (Å²) >= 11 is 16.7. The van der Waals surface area contributed by atoms with Gasteiger partial charge in [0.05, 0.1) is 10.6 Å². The number of benzene rings is 2. The van der Waals surface area contributed by atoms with Crippen molar-refractivity contribution < 1.29 is 9.90 Å². The van der Waals surface area contributed by atoms with Crippen LogP contribution < -0.4 is 0 Å². The molecule has 0 amide bonds. The number of aromatic carboxylic acids is 1. The SMILES string of the molecule is O=C(O)c1ccc(Sc2cc(Cl)ccc2Cl)cc1Br. The van der Waals surface area contributed by atoms with Crippen LogP contribution in [0.5, 0.6) is 0 Å². The minimum absolute atomic E-state index is 0.224. The van der Waals surface area contributed by atoms with Gasteiger partial charge in [0.1, 0.15) is 0 Å². The number of carboxylic acid groups (broad SMARTS) is 1. The summed E-state index contributed by atoms with van der Waals surface area (Å²) in [5, 5.41) is 10.2. The van der Waals surface area contributed by atoms with Crippen molar-refractivity contribution in [3.8, 4) is 0 Å². The maximum absolute atomic E-state index is 10.9. The third kappa shape index (κ3) is 3.66. The molecule has 0 saturated heterocycles. The fraction of sp³-hybridized carbons (Fsp3) is 0. The Morgan fingerprint density at radius 2 is 1.89 bits per heavy atom. The smallest absolute Gasteiger partial charge is 0.336 e. The minimum Gasteiger partial charge on any atom is -0.478 e. The second kappa shape index (κ2) is 6.18. The molecule has 2 rings (SSSR count). The maximum atomic E-state index is 10.9. The molecule has 1 N–H and O–H groups in total. The van der Waals surface area contributed by atoms with Crippen LogP contribution in [0.25, 0.3) is 0 Å². The van der Waals surface area contributed by atoms with Crippen LogP contribution in [0.2, 0.25) is 10.0 Å². The fourth-order valence-electron chi connectivity index (χ4n) is 1.42. The zero-order valence-corrected chi connectivity index (χ0v) is 13.3. The van der Waals surface area contributed by atoms with Gasteiger partial charge in [0.15, 0.2) is 0 Å². The summed E-state index contributed by atoms with van der Waals surface area (Å²) in [6.45, 7) is 0. The first-order valence-electron chi connectivity index (χ1n) is 5.13. The van der Waals surface area contributed by atoms with E-state index in [0.717, 1.165) is 9.79 Å². The highest BCUT2D eigenvalue weighted by atomic mass is 79.9. The number of carbonyl (C=O) groups is 1. The lowest BCUT2D eigenvalue weighted by molar-refractivity contribution is 0.0696. The van der Waals surface area contributed by atoms with Crippen molar-refractivity contribution in [3.63, 3.8) is 0 Å². The molecular formula is C13H7BrCl2O2S. The Morgan fingerprint density at radius 3 is 2.53 bits per heavy atom. The van der Waals surface area contributed by atoms with E-state index in [4.69, 9.17) is 28.3 Å². The van der Waals surface area contributed by atoms with Crippen molar-refractivity contribution in [1.82, 2.24) is 0 Å². The molecule has 0 aromatic heterocycles. The van der Waals surface area contributed by atoms with Crippen molar-refractivity contribution in [2.24, 2.45) is 0 Å². The Balaban J connectivity index is 2.31. The molecule has 2 aromatic rings. The summed E-state index contributed by atoms with van der Waals surface area (Å²) in [7, 11) is 0. The number of hydrogen-bond acceptors (Lipinski definition) is 2. The Morgan fingerprint density at radius 1 is 1.16 bits per heavy atom. The molecule has 0 aliphatic heterocycles. The average Bonchev–Trinajstić information content (AvgIpc) is 2.33. The topological polar surface area (TPSA) is 37.3 Å². The highest BCUT2D eigenvalue weighted by Gasteiger charge is 2.10. The molecular weight excluding hydrogens is 371 g/mol. The van der Waals surface area contributed by atoms with E-state index in [9.17, 15) is 4.79 Å². The van der Waals surface area contributed by atoms with E-state index < -0.39 is 5.97 Å². The zero-order chi connectivity index (χ0) is 14.0. The van der Waals surface area contributed by atoms with E-state index in [1.54, 1.807) is 36.4 Å². The number of hydrogen-bond donors (Lipinski definition) is 1. The standard InChI is InChI=1S/C13H7BrCl2O2S/c14-10-6-8(2-3-9(10)13(17)18)19-12-5-7(15)1-4-11(12)16/h1-6H,(H,17,18). The van der Waals surface area contributed by atoms with E-state index in [2.05, 4.69) is 15.9 Å². The van der Waals surface area contributed by atoms with Crippen molar-refractivity contribution >= 4 is 56.9 Å². The summed E-state index contributed by atoms with van der Waals surface area (Å²) in [5.41, 5.74) is 0.224. The van der Waals surface area contributed by atoms with Gasteiger partial charge < -0.3 is 5.11 Å². The predicted octanol–water partition coefficient (Wildman–Crippen LogP) is 5.61. The molecule has 98 valence electrons. The van der Waals surface area contributed by atoms with Crippen LogP contribution in [0.15, 0.2) is 50.7 Å². The Kier molecular flexibility index (Phi) is 4.79. The molecule has 0 atom stereocenters. The maximum Gasteiger partial charge on any atom is 0.336 e. The Labute approximate surface area is 132 Å². The molecule has 0 fully saturated rings. The normalized spacial score (nSPS) is 10.5. The van der Waals surface area contributed by atoms with Crippen LogP contribution in [0.1, 0.15) is 10.4 Å². The van der Waals surface area contributed by atoms with Crippen molar-refractivity contribution in [2.45, 2.75) is 9.79 Å². The molecule has 0 aliphatic carbocycles. The van der Waals surface area contributed by atoms with Crippen molar-refractivity contribution in [2.75, 3.05) is 0 Å². The Hall–Kier alpha value is -0.680. The van der Waals surface area contributed by atoms with Gasteiger partial charge in [-0.25, -0.2) is 4.79 Å². The lowest BCUT2D eigenvalue weighted by Gasteiger charge is -2.06. The van der Waals surface area contributed by atoms with Gasteiger partial charge in [0.2, 0.25) is 0 Å².